The van der Waals surface area contributed by atoms with Crippen molar-refractivity contribution in [2.45, 2.75) is 46.1 Å². The molecule has 2 rings (SSSR count). The number of fused-ring (bicyclic) bond motifs is 1. The zero-order chi connectivity index (χ0) is 17.0. The Bertz CT molecular complexity index is 481. The van der Waals surface area contributed by atoms with Crippen LogP contribution in [-0.4, -0.2) is 67.1 Å². The van der Waals surface area contributed by atoms with E-state index in [-0.39, 0.29) is 27.3 Å². The standard InChI is InChI=1S/C19H30O5.Pb/c1-3-5-7-20-8-9-21-10-11-22-14-17-13-19-18(23-15-24-19)12-16(17)6-4-2;/h12-13H,3-11,14-15H2,1-2H3;. The van der Waals surface area contributed by atoms with E-state index in [4.69, 9.17) is 23.7 Å². The summed E-state index contributed by atoms with van der Waals surface area (Å²) in [6.07, 6.45) is 4.38. The van der Waals surface area contributed by atoms with Crippen LogP contribution >= 0.6 is 0 Å². The van der Waals surface area contributed by atoms with Gasteiger partial charge in [-0.3, -0.25) is 0 Å². The van der Waals surface area contributed by atoms with E-state index in [1.54, 1.807) is 0 Å². The minimum atomic E-state index is 0. The number of aryl methyl sites for hydroxylation is 1. The average Bonchev–Trinajstić information content (AvgIpc) is 3.04. The van der Waals surface area contributed by atoms with Gasteiger partial charge in [0.2, 0.25) is 6.79 Å². The molecule has 0 N–H and O–H groups in total. The van der Waals surface area contributed by atoms with E-state index < -0.39 is 0 Å². The third-order valence-corrected chi connectivity index (χ3v) is 3.86. The third kappa shape index (κ3) is 8.23. The summed E-state index contributed by atoms with van der Waals surface area (Å²) in [7, 11) is 0. The molecule has 1 heterocycles. The van der Waals surface area contributed by atoms with Crippen molar-refractivity contribution in [2.24, 2.45) is 0 Å². The van der Waals surface area contributed by atoms with Gasteiger partial charge in [0.05, 0.1) is 33.0 Å². The Morgan fingerprint density at radius 1 is 0.800 bits per heavy atom. The average molecular weight is 546 g/mol. The van der Waals surface area contributed by atoms with E-state index in [9.17, 15) is 0 Å². The Hall–Kier alpha value is -0.378. The van der Waals surface area contributed by atoms with Crippen LogP contribution in [0.15, 0.2) is 12.1 Å². The van der Waals surface area contributed by atoms with E-state index in [1.165, 1.54) is 11.1 Å². The maximum absolute atomic E-state index is 5.75. The van der Waals surface area contributed by atoms with Crippen LogP contribution in [0.2, 0.25) is 0 Å². The molecule has 0 aromatic heterocycles. The normalized spacial score (nSPS) is 12.2. The number of benzene rings is 1. The Morgan fingerprint density at radius 3 is 2.04 bits per heavy atom. The van der Waals surface area contributed by atoms with Gasteiger partial charge in [-0.25, -0.2) is 0 Å². The van der Waals surface area contributed by atoms with Gasteiger partial charge in [-0.1, -0.05) is 26.7 Å². The van der Waals surface area contributed by atoms with Gasteiger partial charge in [0.15, 0.2) is 11.5 Å². The van der Waals surface area contributed by atoms with Crippen LogP contribution in [0.25, 0.3) is 0 Å². The minimum Gasteiger partial charge on any atom is -0.454 e. The van der Waals surface area contributed by atoms with Crippen LogP contribution in [-0.2, 0) is 27.2 Å². The molecule has 6 heteroatoms. The fraction of sp³-hybridized carbons (Fsp3) is 0.684. The number of unbranched alkanes of at least 4 members (excludes halogenated alkanes) is 1. The number of hydrogen-bond donors (Lipinski definition) is 0. The summed E-state index contributed by atoms with van der Waals surface area (Å²) >= 11 is 0. The van der Waals surface area contributed by atoms with Gasteiger partial charge >= 0.3 is 0 Å². The molecule has 0 saturated heterocycles. The molecule has 0 atom stereocenters. The van der Waals surface area contributed by atoms with E-state index in [2.05, 4.69) is 19.9 Å². The molecule has 140 valence electrons. The van der Waals surface area contributed by atoms with E-state index in [0.29, 0.717) is 39.8 Å². The summed E-state index contributed by atoms with van der Waals surface area (Å²) in [4.78, 5) is 0. The number of rotatable bonds is 13. The zero-order valence-corrected chi connectivity index (χ0v) is 19.4. The second kappa shape index (κ2) is 13.8. The number of ether oxygens (including phenoxy) is 5. The maximum atomic E-state index is 5.75. The first-order valence-corrected chi connectivity index (χ1v) is 8.99. The third-order valence-electron chi connectivity index (χ3n) is 3.86. The van der Waals surface area contributed by atoms with E-state index >= 15 is 0 Å². The Balaban J connectivity index is 0.00000312. The SMILES string of the molecule is CCCCOCCOCCOCc1cc2c(cc1CCC)OCO2.[Pb]. The quantitative estimate of drug-likeness (QED) is 0.281. The second-order valence-corrected chi connectivity index (χ2v) is 5.86. The molecule has 0 amide bonds. The van der Waals surface area contributed by atoms with Gasteiger partial charge in [0.25, 0.3) is 0 Å². The largest absolute Gasteiger partial charge is 0.454 e. The molecule has 1 aliphatic rings. The predicted molar refractivity (Wildman–Crippen MR) is 98.5 cm³/mol. The van der Waals surface area contributed by atoms with Crippen molar-refractivity contribution in [3.63, 3.8) is 0 Å². The summed E-state index contributed by atoms with van der Waals surface area (Å²) in [5.74, 6) is 1.66. The van der Waals surface area contributed by atoms with Crippen LogP contribution < -0.4 is 9.47 Å². The van der Waals surface area contributed by atoms with Gasteiger partial charge in [-0.2, -0.15) is 0 Å². The fourth-order valence-electron chi connectivity index (χ4n) is 2.53. The van der Waals surface area contributed by atoms with Crippen molar-refractivity contribution >= 4 is 27.3 Å². The molecule has 1 aromatic rings. The summed E-state index contributed by atoms with van der Waals surface area (Å²) in [5, 5.41) is 0. The first-order valence-electron chi connectivity index (χ1n) is 8.99. The summed E-state index contributed by atoms with van der Waals surface area (Å²) < 4.78 is 27.6. The molecule has 0 unspecified atom stereocenters. The van der Waals surface area contributed by atoms with Crippen molar-refractivity contribution in [3.05, 3.63) is 23.3 Å². The van der Waals surface area contributed by atoms with E-state index in [0.717, 1.165) is 43.8 Å². The molecule has 0 fully saturated rings. The molecule has 5 nitrogen and oxygen atoms in total. The molecule has 0 aliphatic carbocycles. The van der Waals surface area contributed by atoms with Crippen LogP contribution in [0.4, 0.5) is 0 Å². The van der Waals surface area contributed by atoms with Crippen LogP contribution in [0.3, 0.4) is 0 Å². The predicted octanol–water partition coefficient (Wildman–Crippen LogP) is 3.34. The van der Waals surface area contributed by atoms with Crippen LogP contribution in [0.5, 0.6) is 11.5 Å². The smallest absolute Gasteiger partial charge is 0.231 e. The van der Waals surface area contributed by atoms with Crippen molar-refractivity contribution in [2.75, 3.05) is 39.8 Å². The van der Waals surface area contributed by atoms with Gasteiger partial charge in [-0.05, 0) is 36.1 Å². The molecule has 4 radical (unpaired) electrons. The molecule has 1 aromatic carbocycles. The Kier molecular flexibility index (Phi) is 12.5. The zero-order valence-electron chi connectivity index (χ0n) is 15.5. The summed E-state index contributed by atoms with van der Waals surface area (Å²) in [5.41, 5.74) is 2.44. The van der Waals surface area contributed by atoms with Crippen molar-refractivity contribution < 1.29 is 23.7 Å². The van der Waals surface area contributed by atoms with Gasteiger partial charge in [0, 0.05) is 33.9 Å². The van der Waals surface area contributed by atoms with Gasteiger partial charge in [-0.15, -0.1) is 0 Å². The second-order valence-electron chi connectivity index (χ2n) is 5.86. The molecular weight excluding hydrogens is 515 g/mol. The van der Waals surface area contributed by atoms with E-state index in [1.807, 2.05) is 6.07 Å². The fourth-order valence-corrected chi connectivity index (χ4v) is 2.53. The molecule has 25 heavy (non-hydrogen) atoms. The molecule has 1 aliphatic heterocycles. The van der Waals surface area contributed by atoms with Gasteiger partial charge < -0.3 is 23.7 Å². The molecular formula is C19H30O5Pb. The summed E-state index contributed by atoms with van der Waals surface area (Å²) in [6.45, 7) is 8.47. The maximum Gasteiger partial charge on any atom is 0.231 e. The van der Waals surface area contributed by atoms with Gasteiger partial charge in [0.1, 0.15) is 0 Å². The summed E-state index contributed by atoms with van der Waals surface area (Å²) in [6, 6.07) is 4.12. The topological polar surface area (TPSA) is 46.2 Å². The molecule has 0 spiro atoms. The molecule has 0 saturated carbocycles. The van der Waals surface area contributed by atoms with Crippen molar-refractivity contribution in [1.82, 2.24) is 0 Å². The number of hydrogen-bond acceptors (Lipinski definition) is 5. The van der Waals surface area contributed by atoms with Crippen LogP contribution in [0, 0.1) is 0 Å². The Labute approximate surface area is 171 Å². The first-order chi connectivity index (χ1) is 11.8. The van der Waals surface area contributed by atoms with Crippen molar-refractivity contribution in [3.8, 4) is 11.5 Å². The first kappa shape index (κ1) is 22.7. The minimum absolute atomic E-state index is 0. The molecule has 0 bridgehead atoms. The van der Waals surface area contributed by atoms with Crippen molar-refractivity contribution in [1.29, 1.82) is 0 Å². The Morgan fingerprint density at radius 2 is 1.40 bits per heavy atom. The monoisotopic (exact) mass is 546 g/mol. The van der Waals surface area contributed by atoms with Crippen LogP contribution in [0.1, 0.15) is 44.2 Å².